The molecule has 1 aromatic heterocycles. The molecule has 0 amide bonds. The van der Waals surface area contributed by atoms with Gasteiger partial charge in [-0.15, -0.1) is 0 Å². The quantitative estimate of drug-likeness (QED) is 0.361. The number of rotatable bonds is 3. The maximum Gasteiger partial charge on any atom is 0.385 e. The Labute approximate surface area is 141 Å². The zero-order valence-electron chi connectivity index (χ0n) is 11.9. The Morgan fingerprint density at radius 1 is 1.14 bits per heavy atom. The average molecular weight is 362 g/mol. The molecule has 0 atom stereocenters. The van der Waals surface area contributed by atoms with Crippen LogP contribution in [0.25, 0.3) is 0 Å². The number of carbonyl (C=O) groups excluding carboxylic acids is 2. The van der Waals surface area contributed by atoms with Gasteiger partial charge in [-0.3, -0.25) is 9.48 Å². The van der Waals surface area contributed by atoms with E-state index in [1.807, 2.05) is 0 Å². The zero-order chi connectivity index (χ0) is 16.6. The van der Waals surface area contributed by atoms with E-state index in [-0.39, 0.29) is 21.4 Å². The summed E-state index contributed by atoms with van der Waals surface area (Å²) in [4.78, 5) is 24.3. The number of hydrogen-bond donors (Lipinski definition) is 0. The van der Waals surface area contributed by atoms with Gasteiger partial charge in [0.05, 0.1) is 21.3 Å². The van der Waals surface area contributed by atoms with Crippen LogP contribution in [-0.4, -0.2) is 21.5 Å². The van der Waals surface area contributed by atoms with Crippen LogP contribution in [0.1, 0.15) is 21.7 Å². The minimum atomic E-state index is -1.09. The predicted octanol–water partition coefficient (Wildman–Crippen LogP) is 3.79. The highest BCUT2D eigenvalue weighted by atomic mass is 35.5. The number of ketones is 1. The fraction of sp³-hybridized carbons (Fsp3) is 0.214. The van der Waals surface area contributed by atoms with Crippen molar-refractivity contribution in [2.24, 2.45) is 7.05 Å². The van der Waals surface area contributed by atoms with Crippen LogP contribution in [0.2, 0.25) is 15.1 Å². The lowest BCUT2D eigenvalue weighted by molar-refractivity contribution is -0.129. The molecule has 2 aromatic rings. The summed E-state index contributed by atoms with van der Waals surface area (Å²) in [5, 5.41) is 4.46. The number of halogens is 3. The summed E-state index contributed by atoms with van der Waals surface area (Å²) in [5.74, 6) is -2.01. The van der Waals surface area contributed by atoms with Crippen LogP contribution in [0.3, 0.4) is 0 Å². The molecule has 2 rings (SSSR count). The topological polar surface area (TPSA) is 61.2 Å². The first kappa shape index (κ1) is 16.8. The molecule has 0 aliphatic carbocycles. The summed E-state index contributed by atoms with van der Waals surface area (Å²) in [7, 11) is 1.68. The van der Waals surface area contributed by atoms with Gasteiger partial charge < -0.3 is 4.74 Å². The maximum atomic E-state index is 12.3. The highest BCUT2D eigenvalue weighted by Gasteiger charge is 2.27. The van der Waals surface area contributed by atoms with Crippen molar-refractivity contribution in [3.05, 3.63) is 44.2 Å². The lowest BCUT2D eigenvalue weighted by Gasteiger charge is -2.08. The van der Waals surface area contributed by atoms with Crippen LogP contribution < -0.4 is 4.74 Å². The normalized spacial score (nSPS) is 10.6. The van der Waals surface area contributed by atoms with Gasteiger partial charge in [0.15, 0.2) is 5.75 Å². The van der Waals surface area contributed by atoms with Crippen LogP contribution in [0.4, 0.5) is 0 Å². The van der Waals surface area contributed by atoms with Crippen molar-refractivity contribution in [3.63, 3.8) is 0 Å². The predicted molar refractivity (Wildman–Crippen MR) is 84.1 cm³/mol. The Kier molecular flexibility index (Phi) is 4.80. The smallest absolute Gasteiger partial charge is 0.385 e. The number of aromatic nitrogens is 2. The Balaban J connectivity index is 2.32. The minimum absolute atomic E-state index is 0.0401. The molecule has 22 heavy (non-hydrogen) atoms. The van der Waals surface area contributed by atoms with Gasteiger partial charge in [0.2, 0.25) is 0 Å². The molecular weight excluding hydrogens is 351 g/mol. The molecule has 0 saturated carbocycles. The van der Waals surface area contributed by atoms with E-state index >= 15 is 0 Å². The van der Waals surface area contributed by atoms with Crippen LogP contribution in [0, 0.1) is 13.8 Å². The molecule has 0 spiro atoms. The molecular formula is C14H11Cl3N2O3. The van der Waals surface area contributed by atoms with Crippen molar-refractivity contribution in [2.75, 3.05) is 0 Å². The molecule has 1 heterocycles. The molecule has 8 heteroatoms. The highest BCUT2D eigenvalue weighted by molar-refractivity contribution is 6.43. The largest absolute Gasteiger partial charge is 0.417 e. The van der Waals surface area contributed by atoms with E-state index in [2.05, 4.69) is 5.10 Å². The van der Waals surface area contributed by atoms with Gasteiger partial charge in [0.1, 0.15) is 0 Å². The molecule has 116 valence electrons. The van der Waals surface area contributed by atoms with Crippen molar-refractivity contribution in [1.82, 2.24) is 9.78 Å². The summed E-state index contributed by atoms with van der Waals surface area (Å²) in [6, 6.07) is 2.73. The fourth-order valence-corrected chi connectivity index (χ4v) is 2.86. The standard InChI is InChI=1S/C14H11Cl3N2O3/c1-6-11(7(2)19(3)18-6)12(20)14(21)22-13-9(16)4-8(15)5-10(13)17/h4-5H,1-3H3. The lowest BCUT2D eigenvalue weighted by atomic mass is 10.1. The zero-order valence-corrected chi connectivity index (χ0v) is 14.2. The second-order valence-electron chi connectivity index (χ2n) is 4.59. The molecule has 0 fully saturated rings. The summed E-state index contributed by atoms with van der Waals surface area (Å²) >= 11 is 17.6. The van der Waals surface area contributed by atoms with Crippen molar-refractivity contribution < 1.29 is 14.3 Å². The number of aryl methyl sites for hydroxylation is 2. The van der Waals surface area contributed by atoms with Gasteiger partial charge in [-0.25, -0.2) is 4.79 Å². The summed E-state index contributed by atoms with van der Waals surface area (Å²) in [6.07, 6.45) is 0. The Morgan fingerprint density at radius 3 is 2.14 bits per heavy atom. The highest BCUT2D eigenvalue weighted by Crippen LogP contribution is 2.36. The second kappa shape index (κ2) is 6.28. The Bertz CT molecular complexity index is 761. The molecule has 5 nitrogen and oxygen atoms in total. The number of hydrogen-bond acceptors (Lipinski definition) is 4. The van der Waals surface area contributed by atoms with Crippen LogP contribution >= 0.6 is 34.8 Å². The number of carbonyl (C=O) groups is 2. The molecule has 0 aliphatic rings. The van der Waals surface area contributed by atoms with E-state index in [4.69, 9.17) is 39.5 Å². The van der Waals surface area contributed by atoms with Gasteiger partial charge in [0, 0.05) is 17.8 Å². The van der Waals surface area contributed by atoms with E-state index in [0.717, 1.165) is 0 Å². The van der Waals surface area contributed by atoms with Gasteiger partial charge in [-0.1, -0.05) is 34.8 Å². The van der Waals surface area contributed by atoms with E-state index in [0.29, 0.717) is 16.4 Å². The SMILES string of the molecule is Cc1nn(C)c(C)c1C(=O)C(=O)Oc1c(Cl)cc(Cl)cc1Cl. The molecule has 0 radical (unpaired) electrons. The molecule has 0 aliphatic heterocycles. The van der Waals surface area contributed by atoms with E-state index in [1.54, 1.807) is 20.9 Å². The van der Waals surface area contributed by atoms with Gasteiger partial charge in [0.25, 0.3) is 5.78 Å². The third-order valence-corrected chi connectivity index (χ3v) is 3.86. The van der Waals surface area contributed by atoms with Crippen LogP contribution in [0.15, 0.2) is 12.1 Å². The van der Waals surface area contributed by atoms with Crippen molar-refractivity contribution in [3.8, 4) is 5.75 Å². The van der Waals surface area contributed by atoms with Crippen LogP contribution in [0.5, 0.6) is 5.75 Å². The average Bonchev–Trinajstić information content (AvgIpc) is 2.66. The maximum absolute atomic E-state index is 12.3. The number of nitrogens with zero attached hydrogens (tertiary/aromatic N) is 2. The summed E-state index contributed by atoms with van der Waals surface area (Å²) < 4.78 is 6.53. The Morgan fingerprint density at radius 2 is 1.68 bits per heavy atom. The van der Waals surface area contributed by atoms with Gasteiger partial charge in [-0.2, -0.15) is 5.10 Å². The van der Waals surface area contributed by atoms with Crippen molar-refractivity contribution in [2.45, 2.75) is 13.8 Å². The Hall–Kier alpha value is -1.56. The summed E-state index contributed by atoms with van der Waals surface area (Å²) in [6.45, 7) is 3.32. The first-order valence-corrected chi connectivity index (χ1v) is 7.27. The third kappa shape index (κ3) is 3.11. The van der Waals surface area contributed by atoms with Crippen molar-refractivity contribution in [1.29, 1.82) is 0 Å². The monoisotopic (exact) mass is 360 g/mol. The number of esters is 1. The minimum Gasteiger partial charge on any atom is -0.417 e. The molecule has 0 unspecified atom stereocenters. The lowest BCUT2D eigenvalue weighted by Crippen LogP contribution is -2.22. The number of ether oxygens (including phenoxy) is 1. The summed E-state index contributed by atoms with van der Waals surface area (Å²) in [5.41, 5.74) is 1.21. The number of benzene rings is 1. The first-order chi connectivity index (χ1) is 10.2. The number of Topliss-reactive ketones (excluding diaryl/α,β-unsaturated/α-hetero) is 1. The molecule has 0 N–H and O–H groups in total. The van der Waals surface area contributed by atoms with Crippen molar-refractivity contribution >= 4 is 46.6 Å². The van der Waals surface area contributed by atoms with E-state index < -0.39 is 11.8 Å². The fourth-order valence-electron chi connectivity index (χ4n) is 1.97. The van der Waals surface area contributed by atoms with E-state index in [9.17, 15) is 9.59 Å². The van der Waals surface area contributed by atoms with E-state index in [1.165, 1.54) is 16.8 Å². The second-order valence-corrected chi connectivity index (χ2v) is 5.84. The van der Waals surface area contributed by atoms with Gasteiger partial charge >= 0.3 is 5.97 Å². The third-order valence-electron chi connectivity index (χ3n) is 3.08. The van der Waals surface area contributed by atoms with Gasteiger partial charge in [-0.05, 0) is 26.0 Å². The molecule has 0 saturated heterocycles. The first-order valence-electron chi connectivity index (χ1n) is 6.13. The molecule has 0 bridgehead atoms. The molecule has 1 aromatic carbocycles. The van der Waals surface area contributed by atoms with Crippen LogP contribution in [-0.2, 0) is 11.8 Å².